The van der Waals surface area contributed by atoms with Gasteiger partial charge in [-0.2, -0.15) is 0 Å². The smallest absolute Gasteiger partial charge is 0.251 e. The molecule has 1 aliphatic heterocycles. The van der Waals surface area contributed by atoms with E-state index in [4.69, 9.17) is 14.2 Å². The van der Waals surface area contributed by atoms with Gasteiger partial charge in [-0.05, 0) is 41.5 Å². The summed E-state index contributed by atoms with van der Waals surface area (Å²) in [6.07, 6.45) is 2.00. The molecule has 35 heavy (non-hydrogen) atoms. The van der Waals surface area contributed by atoms with Crippen LogP contribution in [0, 0.1) is 0 Å². The van der Waals surface area contributed by atoms with Gasteiger partial charge in [-0.3, -0.25) is 9.59 Å². The van der Waals surface area contributed by atoms with Gasteiger partial charge in [-0.25, -0.2) is 0 Å². The fourth-order valence-corrected chi connectivity index (χ4v) is 4.23. The Kier molecular flexibility index (Phi) is 6.01. The molecule has 2 heterocycles. The molecule has 0 fully saturated rings. The van der Waals surface area contributed by atoms with Crippen molar-refractivity contribution in [1.29, 1.82) is 0 Å². The van der Waals surface area contributed by atoms with E-state index in [2.05, 4.69) is 10.3 Å². The van der Waals surface area contributed by atoms with E-state index < -0.39 is 6.04 Å². The number of hydrogen-bond acceptors (Lipinski definition) is 5. The second-order valence-corrected chi connectivity index (χ2v) is 8.27. The molecule has 2 amide bonds. The third-order valence-corrected chi connectivity index (χ3v) is 6.12. The van der Waals surface area contributed by atoms with E-state index in [-0.39, 0.29) is 25.0 Å². The molecule has 0 bridgehead atoms. The molecule has 8 nitrogen and oxygen atoms in total. The van der Waals surface area contributed by atoms with Gasteiger partial charge in [0.05, 0.1) is 13.5 Å². The highest BCUT2D eigenvalue weighted by Gasteiger charge is 2.29. The quantitative estimate of drug-likeness (QED) is 0.420. The molecule has 2 N–H and O–H groups in total. The van der Waals surface area contributed by atoms with Crippen molar-refractivity contribution in [3.8, 4) is 17.2 Å². The van der Waals surface area contributed by atoms with Gasteiger partial charge in [0.25, 0.3) is 5.91 Å². The van der Waals surface area contributed by atoms with Crippen LogP contribution >= 0.6 is 0 Å². The highest BCUT2D eigenvalue weighted by atomic mass is 16.7. The summed E-state index contributed by atoms with van der Waals surface area (Å²) in [5.41, 5.74) is 3.06. The van der Waals surface area contributed by atoms with Crippen molar-refractivity contribution < 1.29 is 23.8 Å². The molecule has 0 spiro atoms. The number of anilines is 1. The topological polar surface area (TPSA) is 92.9 Å². The summed E-state index contributed by atoms with van der Waals surface area (Å²) in [4.78, 5) is 31.6. The maximum atomic E-state index is 13.5. The van der Waals surface area contributed by atoms with Crippen LogP contribution in [0.3, 0.4) is 0 Å². The van der Waals surface area contributed by atoms with Crippen LogP contribution in [0.5, 0.6) is 17.2 Å². The number of aromatic nitrogens is 1. The standard InChI is InChI=1S/C27H25N3O5/c1-30(25(31)13-18-15-28-22-6-4-3-5-21(18)22)26(17-7-10-20(33-2)11-8-17)27(32)29-19-9-12-23-24(14-19)35-16-34-23/h3-12,14-15,26,28H,13,16H2,1-2H3,(H,29,32)/t26-/m1/s1. The summed E-state index contributed by atoms with van der Waals surface area (Å²) in [7, 11) is 3.22. The molecule has 3 aromatic carbocycles. The van der Waals surface area contributed by atoms with Gasteiger partial charge in [-0.1, -0.05) is 30.3 Å². The van der Waals surface area contributed by atoms with E-state index in [0.29, 0.717) is 28.5 Å². The minimum absolute atomic E-state index is 0.145. The molecule has 4 aromatic rings. The summed E-state index contributed by atoms with van der Waals surface area (Å²) in [5.74, 6) is 1.32. The highest BCUT2D eigenvalue weighted by molar-refractivity contribution is 5.99. The number of benzene rings is 3. The highest BCUT2D eigenvalue weighted by Crippen LogP contribution is 2.35. The van der Waals surface area contributed by atoms with Crippen LogP contribution in [-0.2, 0) is 16.0 Å². The third kappa shape index (κ3) is 4.50. The van der Waals surface area contributed by atoms with E-state index in [0.717, 1.165) is 16.5 Å². The number of methoxy groups -OCH3 is 1. The van der Waals surface area contributed by atoms with Crippen LogP contribution in [0.25, 0.3) is 10.9 Å². The molecule has 0 saturated carbocycles. The maximum absolute atomic E-state index is 13.5. The number of para-hydroxylation sites is 1. The van der Waals surface area contributed by atoms with Crippen molar-refractivity contribution >= 4 is 28.4 Å². The van der Waals surface area contributed by atoms with Crippen LogP contribution < -0.4 is 19.5 Å². The Bertz CT molecular complexity index is 1380. The number of carbonyl (C=O) groups excluding carboxylic acids is 2. The summed E-state index contributed by atoms with van der Waals surface area (Å²) in [5, 5.41) is 3.90. The van der Waals surface area contributed by atoms with Crippen molar-refractivity contribution in [3.05, 3.63) is 84.1 Å². The molecule has 1 aliphatic rings. The average Bonchev–Trinajstić information content (AvgIpc) is 3.51. The van der Waals surface area contributed by atoms with Gasteiger partial charge >= 0.3 is 0 Å². The predicted molar refractivity (Wildman–Crippen MR) is 132 cm³/mol. The normalized spacial score (nSPS) is 12.9. The molecular formula is C27H25N3O5. The summed E-state index contributed by atoms with van der Waals surface area (Å²) in [6.45, 7) is 0.145. The van der Waals surface area contributed by atoms with Crippen molar-refractivity contribution in [2.45, 2.75) is 12.5 Å². The largest absolute Gasteiger partial charge is 0.497 e. The minimum atomic E-state index is -0.857. The fraction of sp³-hybridized carbons (Fsp3) is 0.185. The van der Waals surface area contributed by atoms with Crippen molar-refractivity contribution in [2.75, 3.05) is 26.3 Å². The molecule has 5 rings (SSSR count). The second kappa shape index (κ2) is 9.42. The zero-order valence-corrected chi connectivity index (χ0v) is 19.4. The van der Waals surface area contributed by atoms with Gasteiger partial charge in [0.2, 0.25) is 12.7 Å². The van der Waals surface area contributed by atoms with Crippen LogP contribution in [0.2, 0.25) is 0 Å². The molecule has 0 saturated heterocycles. The Balaban J connectivity index is 1.41. The lowest BCUT2D eigenvalue weighted by molar-refractivity contribution is -0.136. The first-order chi connectivity index (χ1) is 17.0. The number of hydrogen-bond donors (Lipinski definition) is 2. The Morgan fingerprint density at radius 2 is 1.83 bits per heavy atom. The lowest BCUT2D eigenvalue weighted by Gasteiger charge is -2.28. The number of fused-ring (bicyclic) bond motifs is 2. The molecule has 0 aliphatic carbocycles. The van der Waals surface area contributed by atoms with Gasteiger partial charge in [-0.15, -0.1) is 0 Å². The Morgan fingerprint density at radius 1 is 1.06 bits per heavy atom. The molecule has 0 unspecified atom stereocenters. The number of rotatable bonds is 7. The van der Waals surface area contributed by atoms with Crippen LogP contribution in [0.1, 0.15) is 17.2 Å². The van der Waals surface area contributed by atoms with E-state index in [1.54, 1.807) is 56.6 Å². The lowest BCUT2D eigenvalue weighted by Crippen LogP contribution is -2.39. The monoisotopic (exact) mass is 471 g/mol. The van der Waals surface area contributed by atoms with E-state index >= 15 is 0 Å². The SMILES string of the molecule is COc1ccc([C@H](C(=O)Nc2ccc3c(c2)OCO3)N(C)C(=O)Cc2c[nH]c3ccccc23)cc1. The van der Waals surface area contributed by atoms with E-state index in [1.165, 1.54) is 4.90 Å². The number of carbonyl (C=O) groups is 2. The van der Waals surface area contributed by atoms with Crippen molar-refractivity contribution in [1.82, 2.24) is 9.88 Å². The van der Waals surface area contributed by atoms with Crippen LogP contribution in [0.4, 0.5) is 5.69 Å². The summed E-state index contributed by atoms with van der Waals surface area (Å²) >= 11 is 0. The van der Waals surface area contributed by atoms with Gasteiger partial charge in [0, 0.05) is 35.9 Å². The summed E-state index contributed by atoms with van der Waals surface area (Å²) in [6, 6.07) is 19.3. The van der Waals surface area contributed by atoms with Crippen LogP contribution in [0.15, 0.2) is 72.9 Å². The number of H-pyrrole nitrogens is 1. The zero-order valence-electron chi connectivity index (χ0n) is 19.4. The number of aromatic amines is 1. The predicted octanol–water partition coefficient (Wildman–Crippen LogP) is 4.29. The minimum Gasteiger partial charge on any atom is -0.497 e. The average molecular weight is 472 g/mol. The lowest BCUT2D eigenvalue weighted by atomic mass is 10.0. The molecule has 8 heteroatoms. The fourth-order valence-electron chi connectivity index (χ4n) is 4.23. The molecule has 1 atom stereocenters. The third-order valence-electron chi connectivity index (χ3n) is 6.12. The molecule has 1 aromatic heterocycles. The number of nitrogens with zero attached hydrogens (tertiary/aromatic N) is 1. The Morgan fingerprint density at radius 3 is 2.63 bits per heavy atom. The molecule has 0 radical (unpaired) electrons. The number of ether oxygens (including phenoxy) is 3. The van der Waals surface area contributed by atoms with E-state index in [1.807, 2.05) is 30.5 Å². The molecule has 178 valence electrons. The number of amides is 2. The second-order valence-electron chi connectivity index (χ2n) is 8.27. The maximum Gasteiger partial charge on any atom is 0.251 e. The van der Waals surface area contributed by atoms with Gasteiger partial charge < -0.3 is 29.4 Å². The Labute approximate surface area is 202 Å². The summed E-state index contributed by atoms with van der Waals surface area (Å²) < 4.78 is 16.0. The Hall–Kier alpha value is -4.46. The number of likely N-dealkylation sites (N-methyl/N-ethyl adjacent to an activating group) is 1. The first kappa shape index (κ1) is 22.3. The zero-order chi connectivity index (χ0) is 24.4. The molecular weight excluding hydrogens is 446 g/mol. The van der Waals surface area contributed by atoms with Gasteiger partial charge in [0.1, 0.15) is 11.8 Å². The first-order valence-electron chi connectivity index (χ1n) is 11.2. The van der Waals surface area contributed by atoms with Gasteiger partial charge in [0.15, 0.2) is 11.5 Å². The first-order valence-corrected chi connectivity index (χ1v) is 11.2. The number of nitrogens with one attached hydrogen (secondary N) is 2. The van der Waals surface area contributed by atoms with Crippen LogP contribution in [-0.4, -0.2) is 42.6 Å². The van der Waals surface area contributed by atoms with Crippen molar-refractivity contribution in [2.24, 2.45) is 0 Å². The van der Waals surface area contributed by atoms with E-state index in [9.17, 15) is 9.59 Å². The van der Waals surface area contributed by atoms with Crippen molar-refractivity contribution in [3.63, 3.8) is 0 Å².